The molecule has 0 saturated heterocycles. The summed E-state index contributed by atoms with van der Waals surface area (Å²) in [5.41, 5.74) is 2.35. The van der Waals surface area contributed by atoms with Crippen molar-refractivity contribution in [2.45, 2.75) is 37.6 Å². The van der Waals surface area contributed by atoms with Gasteiger partial charge in [0.25, 0.3) is 5.91 Å². The topological polar surface area (TPSA) is 55.4 Å². The lowest BCUT2D eigenvalue weighted by molar-refractivity contribution is -0.145. The first-order valence-electron chi connectivity index (χ1n) is 6.69. The number of ether oxygens (including phenoxy) is 1. The van der Waals surface area contributed by atoms with Gasteiger partial charge in [0, 0.05) is 10.9 Å². The lowest BCUT2D eigenvalue weighted by atomic mass is 10.2. The van der Waals surface area contributed by atoms with Crippen molar-refractivity contribution < 1.29 is 14.3 Å². The number of nitrogens with one attached hydrogen (secondary N) is 1. The number of carbonyl (C=O) groups excluding carboxylic acids is 2. The fourth-order valence-corrected chi connectivity index (χ4v) is 2.59. The molecular weight excluding hydrogens is 274 g/mol. The molecule has 5 heteroatoms. The second-order valence-electron chi connectivity index (χ2n) is 5.06. The lowest BCUT2D eigenvalue weighted by Crippen LogP contribution is -2.30. The van der Waals surface area contributed by atoms with Crippen molar-refractivity contribution >= 4 is 23.6 Å². The maximum absolute atomic E-state index is 11.6. The van der Waals surface area contributed by atoms with Gasteiger partial charge in [-0.2, -0.15) is 0 Å². The Balaban J connectivity index is 1.70. The average molecular weight is 293 g/mol. The largest absolute Gasteiger partial charge is 0.455 e. The molecule has 4 nitrogen and oxygen atoms in total. The molecule has 1 fully saturated rings. The van der Waals surface area contributed by atoms with Crippen LogP contribution < -0.4 is 5.32 Å². The molecule has 108 valence electrons. The minimum absolute atomic E-state index is 0.178. The Bertz CT molecular complexity index is 512. The number of amides is 1. The van der Waals surface area contributed by atoms with Crippen LogP contribution in [0.3, 0.4) is 0 Å². The molecule has 0 spiro atoms. The van der Waals surface area contributed by atoms with Gasteiger partial charge in [-0.3, -0.25) is 9.59 Å². The number of esters is 1. The van der Waals surface area contributed by atoms with Crippen LogP contribution in [0.25, 0.3) is 0 Å². The number of aryl methyl sites for hydroxylation is 2. The normalized spacial score (nSPS) is 13.9. The molecule has 1 aromatic carbocycles. The molecule has 1 aromatic rings. The third-order valence-corrected chi connectivity index (χ3v) is 4.13. The van der Waals surface area contributed by atoms with E-state index in [0.29, 0.717) is 6.04 Å². The van der Waals surface area contributed by atoms with E-state index >= 15 is 0 Å². The quantitative estimate of drug-likeness (QED) is 0.645. The van der Waals surface area contributed by atoms with Crippen molar-refractivity contribution in [3.8, 4) is 0 Å². The van der Waals surface area contributed by atoms with Crippen LogP contribution in [0.5, 0.6) is 0 Å². The minimum Gasteiger partial charge on any atom is -0.455 e. The lowest BCUT2D eigenvalue weighted by Gasteiger charge is -2.07. The molecule has 2 rings (SSSR count). The highest BCUT2D eigenvalue weighted by atomic mass is 32.2. The summed E-state index contributed by atoms with van der Waals surface area (Å²) in [4.78, 5) is 24.0. The van der Waals surface area contributed by atoms with Crippen LogP contribution in [0.2, 0.25) is 0 Å². The fourth-order valence-electron chi connectivity index (χ4n) is 1.78. The van der Waals surface area contributed by atoms with Gasteiger partial charge >= 0.3 is 5.97 Å². The standard InChI is InChI=1S/C15H19NO3S/c1-10-3-6-13(11(2)7-10)20-9-15(18)19-8-14(17)16-12-4-5-12/h3,6-7,12H,4-5,8-9H2,1-2H3,(H,16,17). The molecule has 0 heterocycles. The zero-order chi connectivity index (χ0) is 14.5. The molecule has 0 aliphatic heterocycles. The molecule has 1 N–H and O–H groups in total. The summed E-state index contributed by atoms with van der Waals surface area (Å²) in [6.45, 7) is 3.88. The van der Waals surface area contributed by atoms with Crippen LogP contribution in [0.15, 0.2) is 23.1 Å². The van der Waals surface area contributed by atoms with Gasteiger partial charge < -0.3 is 10.1 Å². The van der Waals surface area contributed by atoms with E-state index in [-0.39, 0.29) is 24.2 Å². The summed E-state index contributed by atoms with van der Waals surface area (Å²) in [6, 6.07) is 6.40. The molecule has 0 unspecified atom stereocenters. The summed E-state index contributed by atoms with van der Waals surface area (Å²) in [7, 11) is 0. The Morgan fingerprint density at radius 3 is 2.75 bits per heavy atom. The van der Waals surface area contributed by atoms with Gasteiger partial charge in [-0.05, 0) is 38.3 Å². The van der Waals surface area contributed by atoms with E-state index in [2.05, 4.69) is 11.4 Å². The average Bonchev–Trinajstić information content (AvgIpc) is 3.19. The zero-order valence-corrected chi connectivity index (χ0v) is 12.6. The van der Waals surface area contributed by atoms with Crippen LogP contribution in [-0.4, -0.2) is 30.3 Å². The molecule has 1 saturated carbocycles. The van der Waals surface area contributed by atoms with Gasteiger partial charge in [0.1, 0.15) is 0 Å². The first-order chi connectivity index (χ1) is 9.54. The molecule has 1 aliphatic carbocycles. The number of carbonyl (C=O) groups is 2. The summed E-state index contributed by atoms with van der Waals surface area (Å²) >= 11 is 1.44. The van der Waals surface area contributed by atoms with Crippen LogP contribution in [0.1, 0.15) is 24.0 Å². The van der Waals surface area contributed by atoms with Gasteiger partial charge in [-0.1, -0.05) is 17.7 Å². The van der Waals surface area contributed by atoms with Gasteiger partial charge in [-0.25, -0.2) is 0 Å². The van der Waals surface area contributed by atoms with Crippen molar-refractivity contribution in [1.29, 1.82) is 0 Å². The van der Waals surface area contributed by atoms with Gasteiger partial charge in [-0.15, -0.1) is 11.8 Å². The molecule has 1 amide bonds. The third-order valence-electron chi connectivity index (χ3n) is 2.98. The van der Waals surface area contributed by atoms with Crippen molar-refractivity contribution in [2.24, 2.45) is 0 Å². The molecule has 1 aliphatic rings. The third kappa shape index (κ3) is 4.89. The number of rotatable bonds is 6. The zero-order valence-electron chi connectivity index (χ0n) is 11.8. The van der Waals surface area contributed by atoms with E-state index in [1.165, 1.54) is 17.3 Å². The van der Waals surface area contributed by atoms with E-state index in [1.807, 2.05) is 26.0 Å². The molecular formula is C15H19NO3S. The van der Waals surface area contributed by atoms with E-state index in [9.17, 15) is 9.59 Å². The van der Waals surface area contributed by atoms with E-state index in [1.54, 1.807) is 0 Å². The van der Waals surface area contributed by atoms with Crippen molar-refractivity contribution in [1.82, 2.24) is 5.32 Å². The van der Waals surface area contributed by atoms with Crippen molar-refractivity contribution in [3.05, 3.63) is 29.3 Å². The predicted molar refractivity (Wildman–Crippen MR) is 78.8 cm³/mol. The highest BCUT2D eigenvalue weighted by molar-refractivity contribution is 8.00. The number of benzene rings is 1. The number of thioether (sulfide) groups is 1. The van der Waals surface area contributed by atoms with Gasteiger partial charge in [0.2, 0.25) is 0 Å². The van der Waals surface area contributed by atoms with Crippen LogP contribution in [0.4, 0.5) is 0 Å². The molecule has 0 atom stereocenters. The highest BCUT2D eigenvalue weighted by Gasteiger charge is 2.23. The molecule has 20 heavy (non-hydrogen) atoms. The number of hydrogen-bond acceptors (Lipinski definition) is 4. The Labute approximate surface area is 123 Å². The summed E-state index contributed by atoms with van der Waals surface area (Å²) in [5, 5.41) is 2.78. The van der Waals surface area contributed by atoms with E-state index in [0.717, 1.165) is 23.3 Å². The minimum atomic E-state index is -0.360. The van der Waals surface area contributed by atoms with Crippen molar-refractivity contribution in [3.63, 3.8) is 0 Å². The van der Waals surface area contributed by atoms with Gasteiger partial charge in [0.15, 0.2) is 6.61 Å². The Morgan fingerprint density at radius 2 is 2.10 bits per heavy atom. The molecule has 0 bridgehead atoms. The smallest absolute Gasteiger partial charge is 0.316 e. The summed E-state index contributed by atoms with van der Waals surface area (Å²) < 4.78 is 4.95. The maximum Gasteiger partial charge on any atom is 0.316 e. The van der Waals surface area contributed by atoms with Gasteiger partial charge in [0.05, 0.1) is 5.75 Å². The van der Waals surface area contributed by atoms with Crippen LogP contribution in [0, 0.1) is 13.8 Å². The fraction of sp³-hybridized carbons (Fsp3) is 0.467. The monoisotopic (exact) mass is 293 g/mol. The van der Waals surface area contributed by atoms with E-state index < -0.39 is 0 Å². The first kappa shape index (κ1) is 14.9. The Kier molecular flexibility index (Phi) is 5.06. The Hall–Kier alpha value is -1.49. The van der Waals surface area contributed by atoms with Crippen LogP contribution in [-0.2, 0) is 14.3 Å². The summed E-state index contributed by atoms with van der Waals surface area (Å²) in [6.07, 6.45) is 2.06. The highest BCUT2D eigenvalue weighted by Crippen LogP contribution is 2.23. The van der Waals surface area contributed by atoms with E-state index in [4.69, 9.17) is 4.74 Å². The predicted octanol–water partition coefficient (Wildman–Crippen LogP) is 2.22. The molecule has 0 aromatic heterocycles. The van der Waals surface area contributed by atoms with Crippen molar-refractivity contribution in [2.75, 3.05) is 12.4 Å². The second-order valence-corrected chi connectivity index (χ2v) is 6.08. The SMILES string of the molecule is Cc1ccc(SCC(=O)OCC(=O)NC2CC2)c(C)c1. The second kappa shape index (κ2) is 6.79. The maximum atomic E-state index is 11.6. The molecule has 0 radical (unpaired) electrons. The van der Waals surface area contributed by atoms with Crippen LogP contribution >= 0.6 is 11.8 Å². The summed E-state index contributed by atoms with van der Waals surface area (Å²) in [5.74, 6) is -0.348. The number of hydrogen-bond donors (Lipinski definition) is 1. The first-order valence-corrected chi connectivity index (χ1v) is 7.68. The Morgan fingerprint density at radius 1 is 1.35 bits per heavy atom.